The molecule has 1 saturated heterocycles. The van der Waals surface area contributed by atoms with Gasteiger partial charge in [-0.2, -0.15) is 0 Å². The van der Waals surface area contributed by atoms with Crippen molar-refractivity contribution in [3.8, 4) is 0 Å². The molecule has 0 aromatic heterocycles. The molecule has 1 rings (SSSR count). The first kappa shape index (κ1) is 16.1. The molecule has 2 unspecified atom stereocenters. The van der Waals surface area contributed by atoms with Crippen molar-refractivity contribution >= 4 is 26.2 Å². The summed E-state index contributed by atoms with van der Waals surface area (Å²) in [5.74, 6) is -1.36. The van der Waals surface area contributed by atoms with E-state index in [-0.39, 0.29) is 24.1 Å². The molecule has 1 fully saturated rings. The molecule has 5 nitrogen and oxygen atoms in total. The molecule has 0 saturated carbocycles. The molecule has 1 aliphatic rings. The number of rotatable bonds is 4. The minimum Gasteiger partial charge on any atom is -0.460 e. The minimum atomic E-state index is -0.810. The summed E-state index contributed by atoms with van der Waals surface area (Å²) in [4.78, 5) is 11.7. The molecule has 0 spiro atoms. The maximum absolute atomic E-state index is 11.7. The lowest BCUT2D eigenvalue weighted by atomic mass is 10.2. The molecule has 1 heterocycles. The Labute approximate surface area is 114 Å². The van der Waals surface area contributed by atoms with Crippen LogP contribution in [0, 0.1) is 0 Å². The number of hydrogen-bond donors (Lipinski definition) is 1. The van der Waals surface area contributed by atoms with Gasteiger partial charge in [-0.1, -0.05) is 20.2 Å². The quantitative estimate of drug-likeness (QED) is 0.488. The number of nitrogens with two attached hydrogens (primary N) is 1. The molecule has 106 valence electrons. The summed E-state index contributed by atoms with van der Waals surface area (Å²) in [5.41, 5.74) is 5.00. The van der Waals surface area contributed by atoms with E-state index in [9.17, 15) is 4.79 Å². The lowest BCUT2D eigenvalue weighted by molar-refractivity contribution is -0.163. The van der Waals surface area contributed by atoms with E-state index in [1.807, 2.05) is 20.8 Å². The van der Waals surface area contributed by atoms with Gasteiger partial charge in [-0.3, -0.25) is 4.79 Å². The normalized spacial score (nSPS) is 30.4. The van der Waals surface area contributed by atoms with Crippen LogP contribution in [0.5, 0.6) is 0 Å². The predicted molar refractivity (Wildman–Crippen MR) is 71.8 cm³/mol. The molecule has 18 heavy (non-hydrogen) atoms. The summed E-state index contributed by atoms with van der Waals surface area (Å²) >= 11 is 5.83. The van der Waals surface area contributed by atoms with Gasteiger partial charge in [0.2, 0.25) is 5.75 Å². The van der Waals surface area contributed by atoms with Crippen molar-refractivity contribution in [2.75, 3.05) is 6.54 Å². The fourth-order valence-corrected chi connectivity index (χ4v) is 3.38. The summed E-state index contributed by atoms with van der Waals surface area (Å²) < 4.78 is 16.0. The van der Waals surface area contributed by atoms with Gasteiger partial charge in [-0.15, -0.1) is 0 Å². The third-order valence-corrected chi connectivity index (χ3v) is 3.83. The van der Waals surface area contributed by atoms with Crippen LogP contribution in [0.1, 0.15) is 33.6 Å². The summed E-state index contributed by atoms with van der Waals surface area (Å²) in [6, 6.07) is 0. The highest BCUT2D eigenvalue weighted by Crippen LogP contribution is 2.39. The van der Waals surface area contributed by atoms with Crippen LogP contribution in [0.25, 0.3) is 0 Å². The average Bonchev–Trinajstić information content (AvgIpc) is 2.12. The topological polar surface area (TPSA) is 70.8 Å². The van der Waals surface area contributed by atoms with E-state index >= 15 is 0 Å². The van der Waals surface area contributed by atoms with Gasteiger partial charge in [0.25, 0.3) is 0 Å². The second kappa shape index (κ2) is 7.01. The van der Waals surface area contributed by atoms with Gasteiger partial charge in [0, 0.05) is 0 Å². The van der Waals surface area contributed by atoms with Crippen LogP contribution in [0.3, 0.4) is 0 Å². The van der Waals surface area contributed by atoms with Crippen molar-refractivity contribution in [1.82, 2.24) is 0 Å². The summed E-state index contributed by atoms with van der Waals surface area (Å²) in [7, 11) is 0.346. The zero-order valence-electron chi connectivity index (χ0n) is 10.9. The molecule has 7 heteroatoms. The van der Waals surface area contributed by atoms with Crippen LogP contribution in [0.4, 0.5) is 0 Å². The lowest BCUT2D eigenvalue weighted by Gasteiger charge is -2.33. The summed E-state index contributed by atoms with van der Waals surface area (Å²) in [5, 5.41) is 0. The van der Waals surface area contributed by atoms with E-state index in [0.29, 0.717) is 15.1 Å². The summed E-state index contributed by atoms with van der Waals surface area (Å²) in [6.07, 6.45) is 0.916. The third-order valence-electron chi connectivity index (χ3n) is 2.12. The van der Waals surface area contributed by atoms with Gasteiger partial charge in [-0.05, 0) is 33.7 Å². The number of alkyl halides is 1. The molecule has 0 aromatic carbocycles. The Hall–Kier alpha value is 0.0700. The summed E-state index contributed by atoms with van der Waals surface area (Å²) in [6.45, 7) is 6.03. The van der Waals surface area contributed by atoms with E-state index in [1.54, 1.807) is 0 Å². The first-order chi connectivity index (χ1) is 8.30. The van der Waals surface area contributed by atoms with Crippen LogP contribution >= 0.6 is 20.2 Å². The maximum atomic E-state index is 11.7. The zero-order chi connectivity index (χ0) is 13.8. The average molecular weight is 298 g/mol. The van der Waals surface area contributed by atoms with Crippen molar-refractivity contribution < 1.29 is 19.0 Å². The van der Waals surface area contributed by atoms with E-state index < -0.39 is 11.4 Å². The fraction of sp³-hybridized carbons (Fsp3) is 0.909. The van der Waals surface area contributed by atoms with E-state index in [2.05, 4.69) is 0 Å². The van der Waals surface area contributed by atoms with Crippen molar-refractivity contribution in [3.63, 3.8) is 0 Å². The minimum absolute atomic E-state index is 0.0290. The van der Waals surface area contributed by atoms with Crippen LogP contribution in [-0.4, -0.2) is 35.6 Å². The molecule has 4 atom stereocenters. The highest BCUT2D eigenvalue weighted by Gasteiger charge is 2.31. The van der Waals surface area contributed by atoms with Gasteiger partial charge in [0.05, 0.1) is 18.1 Å². The molecule has 0 bridgehead atoms. The van der Waals surface area contributed by atoms with Gasteiger partial charge in [-0.25, -0.2) is 0 Å². The second-order valence-corrected chi connectivity index (χ2v) is 7.04. The Kier molecular flexibility index (Phi) is 6.28. The standard InChI is InChI=1S/C11H21ClNO4P/c1-11(2,3)17-7(14)6-9-16-10(12)15-8(18-9)4-5-13/h8-10,18H,4-6,13H2,1-3H3/t8-,9-,10?/m1/s1. The first-order valence-electron chi connectivity index (χ1n) is 5.93. The Balaban J connectivity index is 2.43. The lowest BCUT2D eigenvalue weighted by Crippen LogP contribution is -2.33. The highest BCUT2D eigenvalue weighted by molar-refractivity contribution is 7.39. The van der Waals surface area contributed by atoms with Crippen molar-refractivity contribution in [2.45, 2.75) is 56.7 Å². The number of hydrogen-bond acceptors (Lipinski definition) is 5. The number of carbonyl (C=O) groups is 1. The molecule has 0 amide bonds. The first-order valence-corrected chi connectivity index (χ1v) is 7.52. The van der Waals surface area contributed by atoms with Gasteiger partial charge in [0.1, 0.15) is 5.60 Å². The van der Waals surface area contributed by atoms with Gasteiger partial charge < -0.3 is 19.9 Å². The SMILES string of the molecule is CC(C)(C)OC(=O)C[C@@H]1OC(Cl)O[C@@H](CCN)P1. The Morgan fingerprint density at radius 3 is 2.56 bits per heavy atom. The van der Waals surface area contributed by atoms with Crippen molar-refractivity contribution in [3.05, 3.63) is 0 Å². The van der Waals surface area contributed by atoms with Crippen LogP contribution < -0.4 is 5.73 Å². The molecule has 0 aromatic rings. The fourth-order valence-electron chi connectivity index (χ4n) is 1.52. The predicted octanol–water partition coefficient (Wildman–Crippen LogP) is 1.97. The monoisotopic (exact) mass is 297 g/mol. The Morgan fingerprint density at radius 2 is 2.00 bits per heavy atom. The maximum Gasteiger partial charge on any atom is 0.309 e. The van der Waals surface area contributed by atoms with Crippen LogP contribution in [-0.2, 0) is 19.0 Å². The molecule has 0 radical (unpaired) electrons. The van der Waals surface area contributed by atoms with Gasteiger partial charge in [0.15, 0.2) is 0 Å². The zero-order valence-corrected chi connectivity index (χ0v) is 12.7. The molecular weight excluding hydrogens is 277 g/mol. The highest BCUT2D eigenvalue weighted by atomic mass is 35.5. The second-order valence-electron chi connectivity index (χ2n) is 5.06. The van der Waals surface area contributed by atoms with E-state index in [0.717, 1.165) is 6.42 Å². The van der Waals surface area contributed by atoms with Gasteiger partial charge >= 0.3 is 5.97 Å². The van der Waals surface area contributed by atoms with Crippen molar-refractivity contribution in [2.24, 2.45) is 5.73 Å². The molecule has 2 N–H and O–H groups in total. The molecular formula is C11H21ClNO4P. The number of esters is 1. The van der Waals surface area contributed by atoms with E-state index in [4.69, 9.17) is 31.5 Å². The third kappa shape index (κ3) is 6.30. The van der Waals surface area contributed by atoms with Crippen molar-refractivity contribution in [1.29, 1.82) is 0 Å². The largest absolute Gasteiger partial charge is 0.460 e. The molecule has 0 aliphatic carbocycles. The smallest absolute Gasteiger partial charge is 0.309 e. The Morgan fingerprint density at radius 1 is 1.39 bits per heavy atom. The van der Waals surface area contributed by atoms with Crippen LogP contribution in [0.15, 0.2) is 0 Å². The Bertz CT molecular complexity index is 285. The number of carbonyl (C=O) groups excluding carboxylic acids is 1. The number of halogens is 1. The van der Waals surface area contributed by atoms with E-state index in [1.165, 1.54) is 0 Å². The number of ether oxygens (including phenoxy) is 3. The van der Waals surface area contributed by atoms with Crippen LogP contribution in [0.2, 0.25) is 0 Å². The molecule has 1 aliphatic heterocycles.